The summed E-state index contributed by atoms with van der Waals surface area (Å²) in [6.45, 7) is 2.57. The summed E-state index contributed by atoms with van der Waals surface area (Å²) < 4.78 is 40.5. The van der Waals surface area contributed by atoms with Gasteiger partial charge in [-0.1, -0.05) is 12.1 Å². The van der Waals surface area contributed by atoms with Gasteiger partial charge >= 0.3 is 0 Å². The van der Waals surface area contributed by atoms with E-state index < -0.39 is 10.0 Å². The highest BCUT2D eigenvalue weighted by Crippen LogP contribution is 2.40. The van der Waals surface area contributed by atoms with Gasteiger partial charge in [0.1, 0.15) is 16.3 Å². The van der Waals surface area contributed by atoms with E-state index >= 15 is 0 Å². The van der Waals surface area contributed by atoms with Crippen molar-refractivity contribution in [3.63, 3.8) is 0 Å². The number of sulfonamides is 1. The summed E-state index contributed by atoms with van der Waals surface area (Å²) in [5.74, 6) is 0.642. The van der Waals surface area contributed by atoms with Crippen molar-refractivity contribution >= 4 is 10.0 Å². The molecule has 2 aliphatic rings. The largest absolute Gasteiger partial charge is 0.494 e. The number of piperidine rings is 1. The van der Waals surface area contributed by atoms with Crippen molar-refractivity contribution in [3.8, 4) is 11.4 Å². The van der Waals surface area contributed by atoms with Crippen molar-refractivity contribution < 1.29 is 17.9 Å². The maximum atomic E-state index is 13.2. The highest BCUT2D eigenvalue weighted by atomic mass is 32.2. The second-order valence-electron chi connectivity index (χ2n) is 7.35. The standard InChI is InChI=1S/C19H25N3O4S/c1-25-18-6-3-2-5-17(18)22-14-16(13-20-22)27(23,24)21-10-4-7-19(15-21)8-11-26-12-9-19/h2-3,5-6,13-14H,4,7-12,15H2,1H3. The first-order valence-electron chi connectivity index (χ1n) is 9.30. The Morgan fingerprint density at radius 1 is 1.19 bits per heavy atom. The van der Waals surface area contributed by atoms with Crippen LogP contribution in [0, 0.1) is 5.41 Å². The summed E-state index contributed by atoms with van der Waals surface area (Å²) >= 11 is 0. The van der Waals surface area contributed by atoms with E-state index in [9.17, 15) is 8.42 Å². The smallest absolute Gasteiger partial charge is 0.246 e. The molecular formula is C19H25N3O4S. The van der Waals surface area contributed by atoms with Gasteiger partial charge in [-0.2, -0.15) is 9.40 Å². The number of para-hydroxylation sites is 2. The van der Waals surface area contributed by atoms with E-state index in [2.05, 4.69) is 5.10 Å². The van der Waals surface area contributed by atoms with Crippen LogP contribution >= 0.6 is 0 Å². The van der Waals surface area contributed by atoms with Gasteiger partial charge in [-0.25, -0.2) is 13.1 Å². The van der Waals surface area contributed by atoms with Crippen molar-refractivity contribution in [2.24, 2.45) is 5.41 Å². The van der Waals surface area contributed by atoms with E-state index in [-0.39, 0.29) is 10.3 Å². The molecule has 4 rings (SSSR count). The molecule has 0 saturated carbocycles. The summed E-state index contributed by atoms with van der Waals surface area (Å²) in [6, 6.07) is 7.41. The molecule has 0 bridgehead atoms. The fourth-order valence-corrected chi connectivity index (χ4v) is 5.64. The molecule has 2 fully saturated rings. The average molecular weight is 391 g/mol. The van der Waals surface area contributed by atoms with Crippen LogP contribution in [0.5, 0.6) is 5.75 Å². The van der Waals surface area contributed by atoms with E-state index in [0.717, 1.165) is 38.9 Å². The highest BCUT2D eigenvalue weighted by molar-refractivity contribution is 7.89. The normalized spacial score (nSPS) is 20.6. The van der Waals surface area contributed by atoms with Crippen molar-refractivity contribution in [2.75, 3.05) is 33.4 Å². The Hall–Kier alpha value is -1.90. The first-order chi connectivity index (χ1) is 13.0. The van der Waals surface area contributed by atoms with Gasteiger partial charge < -0.3 is 9.47 Å². The zero-order valence-electron chi connectivity index (χ0n) is 15.5. The summed E-state index contributed by atoms with van der Waals surface area (Å²) in [5, 5.41) is 4.27. The van der Waals surface area contributed by atoms with Gasteiger partial charge in [0.05, 0.1) is 19.5 Å². The molecule has 0 amide bonds. The highest BCUT2D eigenvalue weighted by Gasteiger charge is 2.41. The van der Waals surface area contributed by atoms with E-state index in [1.165, 1.54) is 6.20 Å². The van der Waals surface area contributed by atoms with Crippen molar-refractivity contribution in [2.45, 2.75) is 30.6 Å². The van der Waals surface area contributed by atoms with Gasteiger partial charge in [-0.15, -0.1) is 0 Å². The molecule has 2 aromatic rings. The first kappa shape index (κ1) is 18.5. The fourth-order valence-electron chi connectivity index (χ4n) is 4.12. The monoisotopic (exact) mass is 391 g/mol. The lowest BCUT2D eigenvalue weighted by Gasteiger charge is -2.44. The molecule has 0 unspecified atom stereocenters. The molecule has 8 heteroatoms. The third-order valence-corrected chi connectivity index (χ3v) is 7.51. The minimum absolute atomic E-state index is 0.0578. The van der Waals surface area contributed by atoms with Crippen LogP contribution in [0.1, 0.15) is 25.7 Å². The van der Waals surface area contributed by atoms with Gasteiger partial charge in [0.25, 0.3) is 0 Å². The number of benzene rings is 1. The molecule has 0 aliphatic carbocycles. The maximum Gasteiger partial charge on any atom is 0.246 e. The van der Waals surface area contributed by atoms with Crippen LogP contribution in [0.4, 0.5) is 0 Å². The second-order valence-corrected chi connectivity index (χ2v) is 9.28. The minimum atomic E-state index is -3.58. The summed E-state index contributed by atoms with van der Waals surface area (Å²) in [5.41, 5.74) is 0.767. The molecule has 2 aliphatic heterocycles. The van der Waals surface area contributed by atoms with Crippen LogP contribution in [0.15, 0.2) is 41.6 Å². The lowest BCUT2D eigenvalue weighted by Crippen LogP contribution is -2.48. The number of rotatable bonds is 4. The Morgan fingerprint density at radius 3 is 2.74 bits per heavy atom. The zero-order chi connectivity index (χ0) is 18.9. The van der Waals surface area contributed by atoms with Crippen LogP contribution in [-0.2, 0) is 14.8 Å². The maximum absolute atomic E-state index is 13.2. The molecular weight excluding hydrogens is 366 g/mol. The first-order valence-corrected chi connectivity index (χ1v) is 10.7. The molecule has 0 N–H and O–H groups in total. The zero-order valence-corrected chi connectivity index (χ0v) is 16.3. The molecule has 27 heavy (non-hydrogen) atoms. The number of methoxy groups -OCH3 is 1. The van der Waals surface area contributed by atoms with Gasteiger partial charge in [0.15, 0.2) is 0 Å². The Labute approximate surface area is 159 Å². The third-order valence-electron chi connectivity index (χ3n) is 5.71. The fraction of sp³-hybridized carbons (Fsp3) is 0.526. The Balaban J connectivity index is 1.60. The Kier molecular flexibility index (Phi) is 4.96. The predicted molar refractivity (Wildman–Crippen MR) is 101 cm³/mol. The number of aromatic nitrogens is 2. The molecule has 1 aromatic heterocycles. The number of nitrogens with zero attached hydrogens (tertiary/aromatic N) is 3. The second kappa shape index (κ2) is 7.26. The van der Waals surface area contributed by atoms with Crippen LogP contribution in [0.3, 0.4) is 0 Å². The van der Waals surface area contributed by atoms with E-state index in [0.29, 0.717) is 24.5 Å². The molecule has 3 heterocycles. The van der Waals surface area contributed by atoms with Gasteiger partial charge in [-0.3, -0.25) is 0 Å². The van der Waals surface area contributed by atoms with Crippen LogP contribution < -0.4 is 4.74 Å². The summed E-state index contributed by atoms with van der Waals surface area (Å²) in [4.78, 5) is 0.220. The molecule has 0 atom stereocenters. The third kappa shape index (κ3) is 3.49. The van der Waals surface area contributed by atoms with E-state index in [4.69, 9.17) is 9.47 Å². The average Bonchev–Trinajstić information content (AvgIpc) is 3.19. The number of hydrogen-bond acceptors (Lipinski definition) is 5. The Morgan fingerprint density at radius 2 is 1.96 bits per heavy atom. The molecule has 0 radical (unpaired) electrons. The molecule has 1 aromatic carbocycles. The Bertz CT molecular complexity index is 898. The topological polar surface area (TPSA) is 73.7 Å². The minimum Gasteiger partial charge on any atom is -0.494 e. The number of hydrogen-bond donors (Lipinski definition) is 0. The van der Waals surface area contributed by atoms with Crippen molar-refractivity contribution in [1.29, 1.82) is 0 Å². The molecule has 2 saturated heterocycles. The SMILES string of the molecule is COc1ccccc1-n1cc(S(=O)(=O)N2CCCC3(CCOCC3)C2)cn1. The van der Waals surface area contributed by atoms with Crippen LogP contribution in [0.2, 0.25) is 0 Å². The summed E-state index contributed by atoms with van der Waals surface area (Å²) in [6.07, 6.45) is 6.81. The van der Waals surface area contributed by atoms with Crippen LogP contribution in [0.25, 0.3) is 5.69 Å². The lowest BCUT2D eigenvalue weighted by molar-refractivity contribution is -0.0117. The molecule has 7 nitrogen and oxygen atoms in total. The summed E-state index contributed by atoms with van der Waals surface area (Å²) in [7, 11) is -1.99. The molecule has 146 valence electrons. The van der Waals surface area contributed by atoms with E-state index in [1.807, 2.05) is 24.3 Å². The van der Waals surface area contributed by atoms with Gasteiger partial charge in [0.2, 0.25) is 10.0 Å². The van der Waals surface area contributed by atoms with Crippen molar-refractivity contribution in [3.05, 3.63) is 36.7 Å². The number of ether oxygens (including phenoxy) is 2. The van der Waals surface area contributed by atoms with Crippen molar-refractivity contribution in [1.82, 2.24) is 14.1 Å². The quantitative estimate of drug-likeness (QED) is 0.800. The lowest BCUT2D eigenvalue weighted by atomic mass is 9.74. The predicted octanol–water partition coefficient (Wildman–Crippen LogP) is 2.46. The molecule has 1 spiro atoms. The van der Waals surface area contributed by atoms with Crippen LogP contribution in [-0.4, -0.2) is 55.9 Å². The van der Waals surface area contributed by atoms with Gasteiger partial charge in [-0.05, 0) is 43.2 Å². The van der Waals surface area contributed by atoms with Gasteiger partial charge in [0, 0.05) is 26.3 Å². The van der Waals surface area contributed by atoms with E-state index in [1.54, 1.807) is 22.3 Å².